The van der Waals surface area contributed by atoms with Crippen LogP contribution in [0.2, 0.25) is 0 Å². The van der Waals surface area contributed by atoms with Gasteiger partial charge in [-0.3, -0.25) is 4.98 Å². The van der Waals surface area contributed by atoms with Crippen LogP contribution in [0, 0.1) is 13.8 Å². The molecule has 0 aliphatic rings. The molecule has 0 aliphatic carbocycles. The average molecular weight is 213 g/mol. The largest absolute Gasteiger partial charge is 0.384 e. The molecule has 0 saturated heterocycles. The second kappa shape index (κ2) is 4.45. The van der Waals surface area contributed by atoms with E-state index in [9.17, 15) is 5.11 Å². The van der Waals surface area contributed by atoms with Gasteiger partial charge in [-0.1, -0.05) is 30.3 Å². The highest BCUT2D eigenvalue weighted by atomic mass is 16.3. The highest BCUT2D eigenvalue weighted by molar-refractivity contribution is 5.31. The molecule has 0 saturated carbocycles. The van der Waals surface area contributed by atoms with Crippen molar-refractivity contribution < 1.29 is 5.11 Å². The highest BCUT2D eigenvalue weighted by Gasteiger charge is 2.10. The van der Waals surface area contributed by atoms with Crippen LogP contribution in [0.5, 0.6) is 0 Å². The zero-order valence-corrected chi connectivity index (χ0v) is 9.51. The molecule has 1 atom stereocenters. The first-order chi connectivity index (χ1) is 7.66. The molecule has 2 nitrogen and oxygen atoms in total. The van der Waals surface area contributed by atoms with Crippen LogP contribution in [0.4, 0.5) is 0 Å². The molecule has 2 heteroatoms. The van der Waals surface area contributed by atoms with Gasteiger partial charge in [0.2, 0.25) is 0 Å². The van der Waals surface area contributed by atoms with Crippen molar-refractivity contribution in [3.05, 3.63) is 65.0 Å². The van der Waals surface area contributed by atoms with Crippen molar-refractivity contribution in [3.63, 3.8) is 0 Å². The molecule has 2 aromatic rings. The zero-order valence-electron chi connectivity index (χ0n) is 9.51. The third-order valence-electron chi connectivity index (χ3n) is 2.53. The molecule has 0 fully saturated rings. The van der Waals surface area contributed by atoms with E-state index in [-0.39, 0.29) is 0 Å². The van der Waals surface area contributed by atoms with E-state index in [0.29, 0.717) is 0 Å². The number of aliphatic hydroxyl groups is 1. The lowest BCUT2D eigenvalue weighted by Crippen LogP contribution is -2.01. The molecule has 82 valence electrons. The number of benzene rings is 1. The standard InChI is InChI=1S/C14H15NO/c1-10-8-13(9-11(2)15-10)14(16)12-6-4-3-5-7-12/h3-9,14,16H,1-2H3. The number of pyridine rings is 1. The Balaban J connectivity index is 2.37. The first-order valence-electron chi connectivity index (χ1n) is 5.35. The Morgan fingerprint density at radius 1 is 0.938 bits per heavy atom. The maximum atomic E-state index is 10.2. The quantitative estimate of drug-likeness (QED) is 0.832. The fourth-order valence-electron chi connectivity index (χ4n) is 1.85. The minimum atomic E-state index is -0.568. The molecule has 2 rings (SSSR count). The summed E-state index contributed by atoms with van der Waals surface area (Å²) in [6.07, 6.45) is -0.568. The SMILES string of the molecule is Cc1cc(C(O)c2ccccc2)cc(C)n1. The molecule has 0 aliphatic heterocycles. The van der Waals surface area contributed by atoms with Crippen molar-refractivity contribution in [2.24, 2.45) is 0 Å². The smallest absolute Gasteiger partial charge is 0.104 e. The highest BCUT2D eigenvalue weighted by Crippen LogP contribution is 2.22. The lowest BCUT2D eigenvalue weighted by atomic mass is 10.0. The number of hydrogen-bond donors (Lipinski definition) is 1. The van der Waals surface area contributed by atoms with E-state index in [2.05, 4.69) is 4.98 Å². The van der Waals surface area contributed by atoms with Crippen LogP contribution in [0.25, 0.3) is 0 Å². The van der Waals surface area contributed by atoms with Gasteiger partial charge >= 0.3 is 0 Å². The van der Waals surface area contributed by atoms with Gasteiger partial charge in [-0.15, -0.1) is 0 Å². The summed E-state index contributed by atoms with van der Waals surface area (Å²) < 4.78 is 0. The topological polar surface area (TPSA) is 33.1 Å². The fourth-order valence-corrected chi connectivity index (χ4v) is 1.85. The van der Waals surface area contributed by atoms with Gasteiger partial charge in [0.05, 0.1) is 0 Å². The average Bonchev–Trinajstić information content (AvgIpc) is 2.28. The van der Waals surface area contributed by atoms with Gasteiger partial charge in [0.15, 0.2) is 0 Å². The Kier molecular flexibility index (Phi) is 3.02. The van der Waals surface area contributed by atoms with Crippen molar-refractivity contribution in [3.8, 4) is 0 Å². The number of aromatic nitrogens is 1. The van der Waals surface area contributed by atoms with Gasteiger partial charge in [0.1, 0.15) is 6.10 Å². The Labute approximate surface area is 95.6 Å². The minimum Gasteiger partial charge on any atom is -0.384 e. The monoisotopic (exact) mass is 213 g/mol. The minimum absolute atomic E-state index is 0.568. The van der Waals surface area contributed by atoms with Gasteiger partial charge < -0.3 is 5.11 Å². The molecule has 16 heavy (non-hydrogen) atoms. The van der Waals surface area contributed by atoms with Gasteiger partial charge in [0, 0.05) is 11.4 Å². The molecule has 1 heterocycles. The summed E-state index contributed by atoms with van der Waals surface area (Å²) in [6, 6.07) is 13.5. The Hall–Kier alpha value is -1.67. The first-order valence-corrected chi connectivity index (χ1v) is 5.35. The molecule has 0 bridgehead atoms. The van der Waals surface area contributed by atoms with Gasteiger partial charge in [-0.05, 0) is 37.1 Å². The number of aliphatic hydroxyl groups excluding tert-OH is 1. The van der Waals surface area contributed by atoms with Crippen molar-refractivity contribution >= 4 is 0 Å². The van der Waals surface area contributed by atoms with Crippen LogP contribution in [-0.4, -0.2) is 10.1 Å². The zero-order chi connectivity index (χ0) is 11.5. The van der Waals surface area contributed by atoms with E-state index in [1.54, 1.807) is 0 Å². The predicted molar refractivity (Wildman–Crippen MR) is 64.2 cm³/mol. The van der Waals surface area contributed by atoms with Crippen LogP contribution in [0.3, 0.4) is 0 Å². The molecular formula is C14H15NO. The summed E-state index contributed by atoms with van der Waals surface area (Å²) in [5, 5.41) is 10.2. The van der Waals surface area contributed by atoms with Crippen LogP contribution in [-0.2, 0) is 0 Å². The van der Waals surface area contributed by atoms with E-state index in [1.165, 1.54) is 0 Å². The van der Waals surface area contributed by atoms with E-state index < -0.39 is 6.10 Å². The first kappa shape index (κ1) is 10.8. The van der Waals surface area contributed by atoms with Crippen LogP contribution in [0.1, 0.15) is 28.6 Å². The Bertz CT molecular complexity index is 459. The summed E-state index contributed by atoms with van der Waals surface area (Å²) >= 11 is 0. The lowest BCUT2D eigenvalue weighted by Gasteiger charge is -2.12. The van der Waals surface area contributed by atoms with Crippen molar-refractivity contribution in [1.29, 1.82) is 0 Å². The molecule has 1 unspecified atom stereocenters. The molecule has 1 aromatic carbocycles. The molecule has 0 radical (unpaired) electrons. The lowest BCUT2D eigenvalue weighted by molar-refractivity contribution is 0.220. The second-order valence-electron chi connectivity index (χ2n) is 4.00. The summed E-state index contributed by atoms with van der Waals surface area (Å²) in [4.78, 5) is 4.30. The summed E-state index contributed by atoms with van der Waals surface area (Å²) in [5.74, 6) is 0. The van der Waals surface area contributed by atoms with Gasteiger partial charge in [-0.25, -0.2) is 0 Å². The number of aryl methyl sites for hydroxylation is 2. The van der Waals surface area contributed by atoms with Crippen molar-refractivity contribution in [2.45, 2.75) is 20.0 Å². The third kappa shape index (κ3) is 2.28. The van der Waals surface area contributed by atoms with Crippen LogP contribution >= 0.6 is 0 Å². The van der Waals surface area contributed by atoms with Crippen LogP contribution in [0.15, 0.2) is 42.5 Å². The number of nitrogens with zero attached hydrogens (tertiary/aromatic N) is 1. The molecule has 1 aromatic heterocycles. The summed E-state index contributed by atoms with van der Waals surface area (Å²) in [7, 11) is 0. The second-order valence-corrected chi connectivity index (χ2v) is 4.00. The maximum Gasteiger partial charge on any atom is 0.104 e. The third-order valence-corrected chi connectivity index (χ3v) is 2.53. The van der Waals surface area contributed by atoms with Crippen molar-refractivity contribution in [1.82, 2.24) is 4.98 Å². The van der Waals surface area contributed by atoms with Crippen LogP contribution < -0.4 is 0 Å². The fraction of sp³-hybridized carbons (Fsp3) is 0.214. The van der Waals surface area contributed by atoms with E-state index >= 15 is 0 Å². The Morgan fingerprint density at radius 2 is 1.50 bits per heavy atom. The predicted octanol–water partition coefficient (Wildman–Crippen LogP) is 2.78. The Morgan fingerprint density at radius 3 is 2.06 bits per heavy atom. The number of hydrogen-bond acceptors (Lipinski definition) is 2. The van der Waals surface area contributed by atoms with Gasteiger partial charge in [-0.2, -0.15) is 0 Å². The van der Waals surface area contributed by atoms with E-state index in [4.69, 9.17) is 0 Å². The van der Waals surface area contributed by atoms with E-state index in [1.807, 2.05) is 56.3 Å². The molecule has 1 N–H and O–H groups in total. The molecule has 0 amide bonds. The molecular weight excluding hydrogens is 198 g/mol. The number of rotatable bonds is 2. The summed E-state index contributed by atoms with van der Waals surface area (Å²) in [5.41, 5.74) is 3.68. The molecule has 0 spiro atoms. The normalized spacial score (nSPS) is 12.4. The maximum absolute atomic E-state index is 10.2. The van der Waals surface area contributed by atoms with E-state index in [0.717, 1.165) is 22.5 Å². The summed E-state index contributed by atoms with van der Waals surface area (Å²) in [6.45, 7) is 3.88. The van der Waals surface area contributed by atoms with Gasteiger partial charge in [0.25, 0.3) is 0 Å². The van der Waals surface area contributed by atoms with Crippen molar-refractivity contribution in [2.75, 3.05) is 0 Å².